The van der Waals surface area contributed by atoms with Gasteiger partial charge in [-0.1, -0.05) is 449 Å². The highest BCUT2D eigenvalue weighted by atomic mass is 32.2. The molecule has 6 aliphatic rings. The van der Waals surface area contributed by atoms with Crippen LogP contribution in [0, 0.1) is 41.5 Å². The van der Waals surface area contributed by atoms with E-state index >= 15 is 0 Å². The summed E-state index contributed by atoms with van der Waals surface area (Å²) < 4.78 is 148. The molecule has 0 saturated heterocycles. The molecule has 0 unspecified atom stereocenters. The van der Waals surface area contributed by atoms with Crippen LogP contribution in [-0.2, 0) is 71.9 Å². The second-order valence-corrected chi connectivity index (χ2v) is 35.9. The Kier molecular flexibility index (Phi) is 72.4. The van der Waals surface area contributed by atoms with Gasteiger partial charge in [-0.2, -0.15) is 0 Å². The van der Waals surface area contributed by atoms with Crippen molar-refractivity contribution in [2.45, 2.75) is 362 Å². The largest absolute Gasteiger partial charge is 0.218 e. The molecule has 0 radical (unpaired) electrons. The first-order valence-electron chi connectivity index (χ1n) is 49.3. The summed E-state index contributed by atoms with van der Waals surface area (Å²) in [4.78, 5) is 5.37. The van der Waals surface area contributed by atoms with Crippen LogP contribution in [0.15, 0.2) is 314 Å². The molecule has 6 aliphatic heterocycles. The highest BCUT2D eigenvalue weighted by molar-refractivity contribution is 7.93. The van der Waals surface area contributed by atoms with Gasteiger partial charge in [0.25, 0.3) is 0 Å². The van der Waals surface area contributed by atoms with Crippen LogP contribution in [0.25, 0.3) is 44.5 Å². The highest BCUT2D eigenvalue weighted by Crippen LogP contribution is 2.48. The van der Waals surface area contributed by atoms with Gasteiger partial charge in [-0.15, -0.1) is 0 Å². The van der Waals surface area contributed by atoms with Gasteiger partial charge in [-0.3, -0.25) is 0 Å². The lowest BCUT2D eigenvalue weighted by atomic mass is 10.0. The molecule has 0 saturated carbocycles. The van der Waals surface area contributed by atoms with Crippen molar-refractivity contribution in [2.75, 3.05) is 0 Å². The second-order valence-electron chi connectivity index (χ2n) is 24.6. The van der Waals surface area contributed by atoms with Gasteiger partial charge in [0.2, 0.25) is 59.0 Å². The average molecular weight is 1950 g/mol. The Balaban J connectivity index is -0.000000343. The van der Waals surface area contributed by atoms with Crippen molar-refractivity contribution < 1.29 is 50.5 Å². The zero-order chi connectivity index (χ0) is 105. The first-order chi connectivity index (χ1) is 64.6. The number of benzene rings is 12. The van der Waals surface area contributed by atoms with E-state index in [9.17, 15) is 50.5 Å². The minimum absolute atomic E-state index is 0.426. The van der Waals surface area contributed by atoms with E-state index in [0.29, 0.717) is 71.6 Å². The molecular weight excluding hydrogens is 1780 g/mol. The Morgan fingerprint density at radius 2 is 0.396 bits per heavy atom. The fourth-order valence-corrected chi connectivity index (χ4v) is 24.3. The van der Waals surface area contributed by atoms with Crippen LogP contribution in [0.1, 0.15) is 305 Å². The SMILES string of the molecule is CC.CC.CC.CC.CC.CC.CC.CC.CC.CC.CC.CC.CC.CC.CC.CC.CC.CC.Cc1ccc2c(c1)-c1ccccc1S2(=O)=O.Cc1ccc2c(c1)S(=O)(=O)c1ccccc1-2.Cc1ccc2c(c1)S(=O)(=O)c1ccccc1C2.Cc1cccc2c1-c1ccccc1S2(=O)=O.Cc1cccc2c1S(=O)(=O)c1ccccc1-2.Cc1cccc2c1S(=O)(=O)c1ccccc1C2. The topological polar surface area (TPSA) is 205 Å². The van der Waals surface area contributed by atoms with Crippen LogP contribution < -0.4 is 0 Å². The summed E-state index contributed by atoms with van der Waals surface area (Å²) in [6.07, 6.45) is 1.40. The summed E-state index contributed by atoms with van der Waals surface area (Å²) >= 11 is 0. The Morgan fingerprint density at radius 1 is 0.157 bits per heavy atom. The van der Waals surface area contributed by atoms with Gasteiger partial charge in [0.15, 0.2) is 0 Å². The molecule has 0 spiro atoms. The van der Waals surface area contributed by atoms with Crippen molar-refractivity contribution in [3.05, 3.63) is 310 Å². The van der Waals surface area contributed by atoms with E-state index in [2.05, 4.69) is 0 Å². The quantitative estimate of drug-likeness (QED) is 0.139. The van der Waals surface area contributed by atoms with Crippen molar-refractivity contribution in [3.8, 4) is 44.5 Å². The van der Waals surface area contributed by atoms with Crippen LogP contribution >= 0.6 is 0 Å². The van der Waals surface area contributed by atoms with Gasteiger partial charge in [0.1, 0.15) is 0 Å². The van der Waals surface area contributed by atoms with Crippen molar-refractivity contribution in [3.63, 3.8) is 0 Å². The van der Waals surface area contributed by atoms with E-state index in [4.69, 9.17) is 0 Å². The van der Waals surface area contributed by atoms with Crippen molar-refractivity contribution >= 4 is 59.0 Å². The molecule has 18 rings (SSSR count). The summed E-state index contributed by atoms with van der Waals surface area (Å²) in [5, 5.41) is 0. The molecule has 0 amide bonds. The summed E-state index contributed by atoms with van der Waals surface area (Å²) in [5.41, 5.74) is 15.9. The van der Waals surface area contributed by atoms with Crippen LogP contribution in [0.4, 0.5) is 0 Å². The van der Waals surface area contributed by atoms with E-state index < -0.39 is 59.0 Å². The van der Waals surface area contributed by atoms with E-state index in [-0.39, 0.29) is 0 Å². The number of fused-ring (bicyclic) bond motifs is 16. The van der Waals surface area contributed by atoms with Gasteiger partial charge in [-0.05, 0) is 152 Å². The maximum absolute atomic E-state index is 12.5. The van der Waals surface area contributed by atoms with Crippen molar-refractivity contribution in [2.24, 2.45) is 0 Å². The minimum Gasteiger partial charge on any atom is -0.218 e. The lowest BCUT2D eigenvalue weighted by Gasteiger charge is -2.21. The number of sulfone groups is 6. The van der Waals surface area contributed by atoms with Gasteiger partial charge in [-0.25, -0.2) is 50.5 Å². The molecule has 744 valence electrons. The van der Waals surface area contributed by atoms with Gasteiger partial charge in [0, 0.05) is 57.3 Å². The van der Waals surface area contributed by atoms with Crippen LogP contribution in [0.3, 0.4) is 0 Å². The second kappa shape index (κ2) is 71.8. The van der Waals surface area contributed by atoms with E-state index in [1.165, 1.54) is 0 Å². The van der Waals surface area contributed by atoms with Gasteiger partial charge >= 0.3 is 0 Å². The predicted molar refractivity (Wildman–Crippen MR) is 584 cm³/mol. The molecular formula is C116H172O12S6. The number of aryl methyl sites for hydroxylation is 6. The van der Waals surface area contributed by atoms with Crippen molar-refractivity contribution in [1.82, 2.24) is 0 Å². The third-order valence-corrected chi connectivity index (χ3v) is 29.7. The minimum atomic E-state index is -3.33. The highest BCUT2D eigenvalue weighted by Gasteiger charge is 2.37. The molecule has 6 heterocycles. The zero-order valence-corrected chi connectivity index (χ0v) is 94.9. The molecule has 0 atom stereocenters. The maximum atomic E-state index is 12.5. The lowest BCUT2D eigenvalue weighted by molar-refractivity contribution is 0.589. The molecule has 12 nitrogen and oxygen atoms in total. The molecule has 0 bridgehead atoms. The molecule has 0 fully saturated rings. The third-order valence-electron chi connectivity index (χ3n) is 18.1. The van der Waals surface area contributed by atoms with Gasteiger partial charge in [0.05, 0.1) is 58.7 Å². The van der Waals surface area contributed by atoms with E-state index in [1.54, 1.807) is 103 Å². The summed E-state index contributed by atoms with van der Waals surface area (Å²) in [7, 11) is -19.8. The Bertz CT molecular complexity index is 6040. The number of hydrogen-bond donors (Lipinski definition) is 0. The average Bonchev–Trinajstić information content (AvgIpc) is 1.62. The van der Waals surface area contributed by atoms with Crippen LogP contribution in [-0.4, -0.2) is 50.5 Å². The number of hydrogen-bond acceptors (Lipinski definition) is 12. The molecule has 0 aromatic heterocycles. The fourth-order valence-electron chi connectivity index (χ4n) is 13.5. The number of rotatable bonds is 0. The Hall–Kier alpha value is -9.66. The predicted octanol–water partition coefficient (Wildman–Crippen LogP) is 35.2. The van der Waals surface area contributed by atoms with Crippen molar-refractivity contribution in [1.29, 1.82) is 0 Å². The molecule has 12 aromatic rings. The Morgan fingerprint density at radius 3 is 0.843 bits per heavy atom. The Labute approximate surface area is 820 Å². The molecule has 0 aliphatic carbocycles. The first-order valence-corrected chi connectivity index (χ1v) is 58.2. The van der Waals surface area contributed by atoms with Gasteiger partial charge < -0.3 is 0 Å². The fraction of sp³-hybridized carbons (Fsp3) is 0.379. The molecule has 12 aromatic carbocycles. The summed E-state index contributed by atoms with van der Waals surface area (Å²) in [5.74, 6) is 0. The summed E-state index contributed by atoms with van der Waals surface area (Å²) in [6, 6.07) is 76.4. The third kappa shape index (κ3) is 33.1. The lowest BCUT2D eigenvalue weighted by Crippen LogP contribution is -2.15. The molecule has 134 heavy (non-hydrogen) atoms. The zero-order valence-electron chi connectivity index (χ0n) is 90.0. The van der Waals surface area contributed by atoms with E-state index in [1.807, 2.05) is 442 Å². The standard InChI is InChI=1S/2C14H12O2S.4C13H10O2S.18C2H6/c1-10-5-4-7-12-9-11-6-2-3-8-13(11)17(15,16)14(10)12;1-10-6-7-12-9-11-4-2-3-5-13(11)17(15,16)14(12)8-10;1-9-5-4-7-11-10-6-2-3-8-12(10)16(14,15)13(9)11;1-9-5-4-8-12-13(9)10-6-2-3-7-11(10)16(12,14)15;1-9-6-7-13-11(8-9)10-4-2-3-5-12(10)16(13,14)15;1-9-6-7-11-10-4-2-3-5-12(10)16(14,15)13(11)8-9;18*1-2/h2*2-8H,9H2,1H3;4*2-8H,1H3;18*1-2H3. The monoisotopic (exact) mass is 1950 g/mol. The summed E-state index contributed by atoms with van der Waals surface area (Å²) in [6.45, 7) is 83.4. The van der Waals surface area contributed by atoms with Crippen LogP contribution in [0.2, 0.25) is 0 Å². The smallest absolute Gasteiger partial charge is 0.208 e. The maximum Gasteiger partial charge on any atom is 0.208 e. The van der Waals surface area contributed by atoms with E-state index in [0.717, 1.165) is 100 Å². The van der Waals surface area contributed by atoms with Crippen LogP contribution in [0.5, 0.6) is 0 Å². The molecule has 0 N–H and O–H groups in total. The normalized spacial score (nSPS) is 12.3. The molecule has 18 heteroatoms. The first kappa shape index (κ1) is 135.